The lowest BCUT2D eigenvalue weighted by Crippen LogP contribution is -2.39. The highest BCUT2D eigenvalue weighted by Crippen LogP contribution is 2.44. The standard InChI is InChI=1S/C17H25FN2/c18-14-7-6-8-15(20-11-4-5-12-20)16(14)17(13-19)9-2-1-3-10-17/h6-8H,1-5,9-13,19H2. The third-order valence-electron chi connectivity index (χ3n) is 5.17. The monoisotopic (exact) mass is 276 g/mol. The van der Waals surface area contributed by atoms with Gasteiger partial charge in [0, 0.05) is 36.3 Å². The van der Waals surface area contributed by atoms with E-state index in [1.807, 2.05) is 6.07 Å². The second kappa shape index (κ2) is 5.72. The molecule has 3 rings (SSSR count). The van der Waals surface area contributed by atoms with Crippen LogP contribution in [0.5, 0.6) is 0 Å². The van der Waals surface area contributed by atoms with Crippen molar-refractivity contribution in [3.05, 3.63) is 29.6 Å². The number of benzene rings is 1. The minimum Gasteiger partial charge on any atom is -0.371 e. The van der Waals surface area contributed by atoms with Gasteiger partial charge in [0.2, 0.25) is 0 Å². The van der Waals surface area contributed by atoms with Crippen LogP contribution >= 0.6 is 0 Å². The fourth-order valence-electron chi connectivity index (χ4n) is 4.04. The highest BCUT2D eigenvalue weighted by atomic mass is 19.1. The molecule has 2 fully saturated rings. The predicted molar refractivity (Wildman–Crippen MR) is 81.7 cm³/mol. The first-order valence-electron chi connectivity index (χ1n) is 8.01. The van der Waals surface area contributed by atoms with Crippen molar-refractivity contribution in [3.8, 4) is 0 Å². The Morgan fingerprint density at radius 2 is 1.75 bits per heavy atom. The number of hydrogen-bond donors (Lipinski definition) is 1. The lowest BCUT2D eigenvalue weighted by atomic mass is 9.68. The van der Waals surface area contributed by atoms with Crippen LogP contribution in [0.2, 0.25) is 0 Å². The van der Waals surface area contributed by atoms with Gasteiger partial charge in [-0.25, -0.2) is 4.39 Å². The lowest BCUT2D eigenvalue weighted by molar-refractivity contribution is 0.292. The SMILES string of the molecule is NCC1(c2c(F)cccc2N2CCCC2)CCCCC1. The lowest BCUT2D eigenvalue weighted by Gasteiger charge is -2.39. The summed E-state index contributed by atoms with van der Waals surface area (Å²) in [5.74, 6) is -0.0539. The second-order valence-corrected chi connectivity index (χ2v) is 6.37. The van der Waals surface area contributed by atoms with Crippen molar-refractivity contribution in [3.63, 3.8) is 0 Å². The molecule has 20 heavy (non-hydrogen) atoms. The van der Waals surface area contributed by atoms with Gasteiger partial charge in [-0.1, -0.05) is 25.3 Å². The Hall–Kier alpha value is -1.09. The summed E-state index contributed by atoms with van der Waals surface area (Å²) in [6.07, 6.45) is 8.10. The van der Waals surface area contributed by atoms with Crippen LogP contribution < -0.4 is 10.6 Å². The Kier molecular flexibility index (Phi) is 3.97. The Labute approximate surface area is 121 Å². The minimum absolute atomic E-state index is 0.0539. The van der Waals surface area contributed by atoms with Gasteiger partial charge in [0.25, 0.3) is 0 Å². The van der Waals surface area contributed by atoms with E-state index in [2.05, 4.69) is 11.0 Å². The van der Waals surface area contributed by atoms with E-state index < -0.39 is 0 Å². The Balaban J connectivity index is 2.05. The molecule has 0 atom stereocenters. The van der Waals surface area contributed by atoms with Crippen LogP contribution in [0.25, 0.3) is 0 Å². The van der Waals surface area contributed by atoms with Gasteiger partial charge in [0.1, 0.15) is 5.82 Å². The predicted octanol–water partition coefficient (Wildman–Crippen LogP) is 3.59. The molecule has 1 aromatic carbocycles. The summed E-state index contributed by atoms with van der Waals surface area (Å²) in [6.45, 7) is 2.67. The van der Waals surface area contributed by atoms with E-state index in [0.29, 0.717) is 6.54 Å². The van der Waals surface area contributed by atoms with Crippen molar-refractivity contribution in [2.45, 2.75) is 50.4 Å². The molecule has 110 valence electrons. The summed E-state index contributed by atoms with van der Waals surface area (Å²) in [6, 6.07) is 5.55. The zero-order valence-electron chi connectivity index (χ0n) is 12.2. The topological polar surface area (TPSA) is 29.3 Å². The molecule has 1 saturated heterocycles. The van der Waals surface area contributed by atoms with E-state index in [0.717, 1.165) is 37.2 Å². The van der Waals surface area contributed by atoms with E-state index in [1.54, 1.807) is 6.07 Å². The molecule has 2 aliphatic rings. The van der Waals surface area contributed by atoms with E-state index in [1.165, 1.54) is 32.1 Å². The van der Waals surface area contributed by atoms with Crippen LogP contribution in [-0.2, 0) is 5.41 Å². The van der Waals surface area contributed by atoms with Gasteiger partial charge in [-0.05, 0) is 37.8 Å². The summed E-state index contributed by atoms with van der Waals surface area (Å²) >= 11 is 0. The van der Waals surface area contributed by atoms with Gasteiger partial charge >= 0.3 is 0 Å². The molecule has 1 aliphatic heterocycles. The third-order valence-corrected chi connectivity index (χ3v) is 5.17. The number of rotatable bonds is 3. The first kappa shape index (κ1) is 13.9. The third kappa shape index (κ3) is 2.32. The summed E-state index contributed by atoms with van der Waals surface area (Å²) in [4.78, 5) is 2.35. The second-order valence-electron chi connectivity index (χ2n) is 6.37. The van der Waals surface area contributed by atoms with Crippen molar-refractivity contribution in [1.29, 1.82) is 0 Å². The number of anilines is 1. The Morgan fingerprint density at radius 1 is 1.05 bits per heavy atom. The zero-order chi connectivity index (χ0) is 14.0. The highest BCUT2D eigenvalue weighted by molar-refractivity contribution is 5.58. The van der Waals surface area contributed by atoms with Gasteiger partial charge in [0.05, 0.1) is 0 Å². The van der Waals surface area contributed by atoms with Crippen molar-refractivity contribution in [2.75, 3.05) is 24.5 Å². The first-order chi connectivity index (χ1) is 9.77. The Bertz CT molecular complexity index is 460. The van der Waals surface area contributed by atoms with Gasteiger partial charge < -0.3 is 10.6 Å². The van der Waals surface area contributed by atoms with E-state index in [4.69, 9.17) is 5.73 Å². The zero-order valence-corrected chi connectivity index (χ0v) is 12.2. The van der Waals surface area contributed by atoms with Gasteiger partial charge in [0.15, 0.2) is 0 Å². The maximum Gasteiger partial charge on any atom is 0.129 e. The van der Waals surface area contributed by atoms with E-state index in [9.17, 15) is 4.39 Å². The number of nitrogens with zero attached hydrogens (tertiary/aromatic N) is 1. The molecule has 0 amide bonds. The molecule has 2 nitrogen and oxygen atoms in total. The molecule has 1 aromatic rings. The van der Waals surface area contributed by atoms with Crippen LogP contribution in [0, 0.1) is 5.82 Å². The average Bonchev–Trinajstić information content (AvgIpc) is 3.02. The summed E-state index contributed by atoms with van der Waals surface area (Å²) in [5, 5.41) is 0. The molecule has 0 spiro atoms. The fourth-order valence-corrected chi connectivity index (χ4v) is 4.04. The van der Waals surface area contributed by atoms with E-state index in [-0.39, 0.29) is 11.2 Å². The molecule has 0 bridgehead atoms. The summed E-state index contributed by atoms with van der Waals surface area (Å²) in [5.41, 5.74) is 8.00. The van der Waals surface area contributed by atoms with Crippen molar-refractivity contribution >= 4 is 5.69 Å². The van der Waals surface area contributed by atoms with Crippen molar-refractivity contribution in [2.24, 2.45) is 5.73 Å². The van der Waals surface area contributed by atoms with Crippen LogP contribution in [0.1, 0.15) is 50.5 Å². The smallest absolute Gasteiger partial charge is 0.129 e. The molecule has 1 aliphatic carbocycles. The number of nitrogens with two attached hydrogens (primary N) is 1. The molecule has 1 heterocycles. The Morgan fingerprint density at radius 3 is 2.40 bits per heavy atom. The molecule has 0 unspecified atom stereocenters. The quantitative estimate of drug-likeness (QED) is 0.914. The minimum atomic E-state index is -0.137. The molecule has 1 saturated carbocycles. The van der Waals surface area contributed by atoms with Crippen LogP contribution in [-0.4, -0.2) is 19.6 Å². The number of halogens is 1. The largest absolute Gasteiger partial charge is 0.371 e. The molecule has 0 aromatic heterocycles. The van der Waals surface area contributed by atoms with Gasteiger partial charge in [-0.2, -0.15) is 0 Å². The van der Waals surface area contributed by atoms with Crippen molar-refractivity contribution < 1.29 is 4.39 Å². The highest BCUT2D eigenvalue weighted by Gasteiger charge is 2.37. The van der Waals surface area contributed by atoms with Crippen LogP contribution in [0.15, 0.2) is 18.2 Å². The van der Waals surface area contributed by atoms with Crippen LogP contribution in [0.4, 0.5) is 10.1 Å². The normalized spacial score (nSPS) is 22.2. The molecule has 0 radical (unpaired) electrons. The van der Waals surface area contributed by atoms with Crippen LogP contribution in [0.3, 0.4) is 0 Å². The summed E-state index contributed by atoms with van der Waals surface area (Å²) in [7, 11) is 0. The summed E-state index contributed by atoms with van der Waals surface area (Å²) < 4.78 is 14.6. The van der Waals surface area contributed by atoms with E-state index >= 15 is 0 Å². The first-order valence-corrected chi connectivity index (χ1v) is 8.01. The molecule has 2 N–H and O–H groups in total. The maximum absolute atomic E-state index is 14.6. The maximum atomic E-state index is 14.6. The fraction of sp³-hybridized carbons (Fsp3) is 0.647. The van der Waals surface area contributed by atoms with Crippen molar-refractivity contribution in [1.82, 2.24) is 0 Å². The van der Waals surface area contributed by atoms with Gasteiger partial charge in [-0.3, -0.25) is 0 Å². The van der Waals surface area contributed by atoms with Gasteiger partial charge in [-0.15, -0.1) is 0 Å². The average molecular weight is 276 g/mol. The number of hydrogen-bond acceptors (Lipinski definition) is 2. The molecular weight excluding hydrogens is 251 g/mol. The molecular formula is C17H25FN2. The molecule has 3 heteroatoms.